The Labute approximate surface area is 182 Å². The molecule has 0 bridgehead atoms. The fourth-order valence-corrected chi connectivity index (χ4v) is 3.39. The van der Waals surface area contributed by atoms with Crippen molar-refractivity contribution in [1.29, 1.82) is 0 Å². The number of carbonyl (C=O) groups is 2. The molecule has 0 spiro atoms. The second-order valence-corrected chi connectivity index (χ2v) is 7.23. The molecular weight excluding hydrogens is 392 g/mol. The van der Waals surface area contributed by atoms with Crippen LogP contribution in [0.5, 0.6) is 5.75 Å². The van der Waals surface area contributed by atoms with E-state index in [2.05, 4.69) is 5.32 Å². The van der Waals surface area contributed by atoms with Gasteiger partial charge in [0.1, 0.15) is 17.6 Å². The van der Waals surface area contributed by atoms with E-state index < -0.39 is 6.04 Å². The molecule has 2 aromatic carbocycles. The molecule has 0 radical (unpaired) electrons. The molecule has 31 heavy (non-hydrogen) atoms. The summed E-state index contributed by atoms with van der Waals surface area (Å²) in [6, 6.07) is 19.7. The zero-order chi connectivity index (χ0) is 22.1. The molecule has 1 unspecified atom stereocenters. The number of rotatable bonds is 10. The number of nitrogens with zero attached hydrogens (tertiary/aromatic N) is 1. The average molecular weight is 421 g/mol. The Morgan fingerprint density at radius 1 is 1.03 bits per heavy atom. The molecule has 3 aromatic rings. The van der Waals surface area contributed by atoms with E-state index in [1.165, 1.54) is 0 Å². The number of carbonyl (C=O) groups excluding carboxylic acids is 2. The maximum atomic E-state index is 13.4. The smallest absolute Gasteiger partial charge is 0.247 e. The quantitative estimate of drug-likeness (QED) is 0.525. The Morgan fingerprint density at radius 2 is 1.77 bits per heavy atom. The lowest BCUT2D eigenvalue weighted by molar-refractivity contribution is -0.142. The van der Waals surface area contributed by atoms with E-state index in [9.17, 15) is 9.59 Å². The highest BCUT2D eigenvalue weighted by Crippen LogP contribution is 2.27. The van der Waals surface area contributed by atoms with E-state index in [-0.39, 0.29) is 18.4 Å². The number of hydrogen-bond donors (Lipinski definition) is 1. The Balaban J connectivity index is 1.92. The first-order valence-corrected chi connectivity index (χ1v) is 10.4. The summed E-state index contributed by atoms with van der Waals surface area (Å²) < 4.78 is 10.7. The minimum absolute atomic E-state index is 0.102. The lowest BCUT2D eigenvalue weighted by atomic mass is 10.0. The first kappa shape index (κ1) is 22.2. The normalized spacial score (nSPS) is 11.5. The Morgan fingerprint density at radius 3 is 2.39 bits per heavy atom. The summed E-state index contributed by atoms with van der Waals surface area (Å²) in [5.74, 6) is 0.961. The molecule has 162 valence electrons. The van der Waals surface area contributed by atoms with Crippen LogP contribution >= 0.6 is 0 Å². The van der Waals surface area contributed by atoms with E-state index >= 15 is 0 Å². The first-order chi connectivity index (χ1) is 15.1. The standard InChI is InChI=1S/C25H28N2O4/c1-3-8-23(28)27(18-22-11-7-16-31-22)24(20-12-14-21(30-2)15-13-20)25(29)26-17-19-9-5-4-6-10-19/h4-7,9-16,24H,3,8,17-18H2,1-2H3,(H,26,29). The second-order valence-electron chi connectivity index (χ2n) is 7.23. The SMILES string of the molecule is CCCC(=O)N(Cc1ccco1)C(C(=O)NCc1ccccc1)c1ccc(OC)cc1. The van der Waals surface area contributed by atoms with Gasteiger partial charge >= 0.3 is 0 Å². The van der Waals surface area contributed by atoms with Gasteiger partial charge in [-0.05, 0) is 41.8 Å². The lowest BCUT2D eigenvalue weighted by Crippen LogP contribution is -2.43. The number of ether oxygens (including phenoxy) is 1. The minimum Gasteiger partial charge on any atom is -0.497 e. The summed E-state index contributed by atoms with van der Waals surface area (Å²) in [7, 11) is 1.59. The summed E-state index contributed by atoms with van der Waals surface area (Å²) in [6.07, 6.45) is 2.60. The molecule has 3 rings (SSSR count). The van der Waals surface area contributed by atoms with Gasteiger partial charge in [0, 0.05) is 13.0 Å². The highest BCUT2D eigenvalue weighted by molar-refractivity contribution is 5.88. The Bertz CT molecular complexity index is 953. The van der Waals surface area contributed by atoms with E-state index in [4.69, 9.17) is 9.15 Å². The van der Waals surface area contributed by atoms with E-state index in [1.54, 1.807) is 42.5 Å². The number of benzene rings is 2. The van der Waals surface area contributed by atoms with Gasteiger partial charge < -0.3 is 19.4 Å². The van der Waals surface area contributed by atoms with Gasteiger partial charge in [-0.25, -0.2) is 0 Å². The third-order valence-electron chi connectivity index (χ3n) is 4.99. The maximum absolute atomic E-state index is 13.4. The van der Waals surface area contributed by atoms with E-state index in [0.717, 1.165) is 5.56 Å². The maximum Gasteiger partial charge on any atom is 0.247 e. The average Bonchev–Trinajstić information content (AvgIpc) is 3.32. The Kier molecular flexibility index (Phi) is 7.87. The van der Waals surface area contributed by atoms with Crippen molar-refractivity contribution < 1.29 is 18.7 Å². The van der Waals surface area contributed by atoms with Crippen LogP contribution in [0.2, 0.25) is 0 Å². The highest BCUT2D eigenvalue weighted by Gasteiger charge is 2.31. The van der Waals surface area contributed by atoms with Crippen LogP contribution < -0.4 is 10.1 Å². The van der Waals surface area contributed by atoms with Crippen LogP contribution in [0.25, 0.3) is 0 Å². The van der Waals surface area contributed by atoms with Crippen LogP contribution in [0.1, 0.15) is 42.7 Å². The molecule has 2 amide bonds. The van der Waals surface area contributed by atoms with Crippen molar-refractivity contribution in [3.05, 3.63) is 89.9 Å². The molecule has 0 saturated carbocycles. The van der Waals surface area contributed by atoms with Crippen LogP contribution in [-0.4, -0.2) is 23.8 Å². The molecule has 1 aromatic heterocycles. The predicted octanol–water partition coefficient (Wildman–Crippen LogP) is 4.47. The molecule has 6 nitrogen and oxygen atoms in total. The van der Waals surface area contributed by atoms with Crippen molar-refractivity contribution in [3.8, 4) is 5.75 Å². The third-order valence-corrected chi connectivity index (χ3v) is 4.99. The largest absolute Gasteiger partial charge is 0.497 e. The number of furan rings is 1. The van der Waals surface area contributed by atoms with Crippen molar-refractivity contribution in [1.82, 2.24) is 10.2 Å². The number of methoxy groups -OCH3 is 1. The van der Waals surface area contributed by atoms with Crippen molar-refractivity contribution >= 4 is 11.8 Å². The third kappa shape index (κ3) is 5.98. The summed E-state index contributed by atoms with van der Waals surface area (Å²) in [6.45, 7) is 2.53. The zero-order valence-electron chi connectivity index (χ0n) is 17.9. The van der Waals surface area contributed by atoms with E-state index in [0.29, 0.717) is 36.5 Å². The molecule has 6 heteroatoms. The molecule has 1 N–H and O–H groups in total. The highest BCUT2D eigenvalue weighted by atomic mass is 16.5. The van der Waals surface area contributed by atoms with Crippen molar-refractivity contribution in [2.45, 2.75) is 38.9 Å². The summed E-state index contributed by atoms with van der Waals surface area (Å²) in [5.41, 5.74) is 1.70. The van der Waals surface area contributed by atoms with Gasteiger partial charge in [0.15, 0.2) is 0 Å². The van der Waals surface area contributed by atoms with Crippen LogP contribution in [-0.2, 0) is 22.7 Å². The number of hydrogen-bond acceptors (Lipinski definition) is 4. The van der Waals surface area contributed by atoms with Gasteiger partial charge in [-0.3, -0.25) is 9.59 Å². The monoisotopic (exact) mass is 420 g/mol. The molecule has 1 heterocycles. The minimum atomic E-state index is -0.793. The summed E-state index contributed by atoms with van der Waals surface area (Å²) >= 11 is 0. The molecular formula is C25H28N2O4. The topological polar surface area (TPSA) is 71.8 Å². The van der Waals surface area contributed by atoms with Crippen LogP contribution in [0.3, 0.4) is 0 Å². The summed E-state index contributed by atoms with van der Waals surface area (Å²) in [4.78, 5) is 28.0. The van der Waals surface area contributed by atoms with Crippen molar-refractivity contribution in [2.24, 2.45) is 0 Å². The van der Waals surface area contributed by atoms with Crippen molar-refractivity contribution in [2.75, 3.05) is 7.11 Å². The molecule has 0 aliphatic heterocycles. The van der Waals surface area contributed by atoms with E-state index in [1.807, 2.05) is 49.4 Å². The van der Waals surface area contributed by atoms with Crippen LogP contribution in [0, 0.1) is 0 Å². The van der Waals surface area contributed by atoms with Gasteiger partial charge in [0.25, 0.3) is 0 Å². The molecule has 1 atom stereocenters. The van der Waals surface area contributed by atoms with Gasteiger partial charge in [0.2, 0.25) is 11.8 Å². The number of nitrogens with one attached hydrogen (secondary N) is 1. The van der Waals surface area contributed by atoms with Crippen LogP contribution in [0.4, 0.5) is 0 Å². The van der Waals surface area contributed by atoms with Gasteiger partial charge in [-0.2, -0.15) is 0 Å². The fraction of sp³-hybridized carbons (Fsp3) is 0.280. The van der Waals surface area contributed by atoms with Crippen LogP contribution in [0.15, 0.2) is 77.4 Å². The summed E-state index contributed by atoms with van der Waals surface area (Å²) in [5, 5.41) is 2.99. The molecule has 0 saturated heterocycles. The fourth-order valence-electron chi connectivity index (χ4n) is 3.39. The van der Waals surface area contributed by atoms with Gasteiger partial charge in [0.05, 0.1) is 19.9 Å². The van der Waals surface area contributed by atoms with Crippen molar-refractivity contribution in [3.63, 3.8) is 0 Å². The molecule has 0 aliphatic carbocycles. The number of amides is 2. The Hall–Kier alpha value is -3.54. The first-order valence-electron chi connectivity index (χ1n) is 10.4. The lowest BCUT2D eigenvalue weighted by Gasteiger charge is -2.31. The molecule has 0 fully saturated rings. The predicted molar refractivity (Wildman–Crippen MR) is 118 cm³/mol. The second kappa shape index (κ2) is 11.0. The van der Waals surface area contributed by atoms with Gasteiger partial charge in [-0.1, -0.05) is 49.4 Å². The van der Waals surface area contributed by atoms with Gasteiger partial charge in [-0.15, -0.1) is 0 Å². The molecule has 0 aliphatic rings. The zero-order valence-corrected chi connectivity index (χ0v) is 17.9.